The molecular formula is C16H22N4O. The highest BCUT2D eigenvalue weighted by atomic mass is 16.1. The summed E-state index contributed by atoms with van der Waals surface area (Å²) >= 11 is 0. The van der Waals surface area contributed by atoms with Gasteiger partial charge in [0.05, 0.1) is 6.33 Å². The van der Waals surface area contributed by atoms with Gasteiger partial charge in [0, 0.05) is 43.6 Å². The Morgan fingerprint density at radius 2 is 2.10 bits per heavy atom. The first kappa shape index (κ1) is 15.1. The van der Waals surface area contributed by atoms with Gasteiger partial charge in [-0.3, -0.25) is 4.79 Å². The van der Waals surface area contributed by atoms with Crippen molar-refractivity contribution in [2.24, 2.45) is 7.05 Å². The predicted molar refractivity (Wildman–Crippen MR) is 84.1 cm³/mol. The van der Waals surface area contributed by atoms with Crippen molar-refractivity contribution in [2.75, 3.05) is 11.9 Å². The Morgan fingerprint density at radius 3 is 2.76 bits per heavy atom. The molecule has 0 saturated carbocycles. The number of nitrogens with zero attached hydrogens (tertiary/aromatic N) is 2. The summed E-state index contributed by atoms with van der Waals surface area (Å²) in [4.78, 5) is 15.9. The summed E-state index contributed by atoms with van der Waals surface area (Å²) in [6, 6.07) is 10.1. The van der Waals surface area contributed by atoms with Gasteiger partial charge < -0.3 is 15.2 Å². The number of nitrogens with one attached hydrogen (secondary N) is 2. The zero-order valence-corrected chi connectivity index (χ0v) is 12.5. The van der Waals surface area contributed by atoms with E-state index < -0.39 is 0 Å². The van der Waals surface area contributed by atoms with Crippen molar-refractivity contribution in [3.63, 3.8) is 0 Å². The Balaban J connectivity index is 1.68. The predicted octanol–water partition coefficient (Wildman–Crippen LogP) is 1.97. The van der Waals surface area contributed by atoms with Gasteiger partial charge in [-0.25, -0.2) is 4.98 Å². The van der Waals surface area contributed by atoms with Crippen LogP contribution in [0.1, 0.15) is 19.0 Å². The Morgan fingerprint density at radius 1 is 1.33 bits per heavy atom. The molecule has 2 rings (SSSR count). The third-order valence-corrected chi connectivity index (χ3v) is 3.32. The number of amides is 1. The summed E-state index contributed by atoms with van der Waals surface area (Å²) < 4.78 is 1.94. The molecular weight excluding hydrogens is 264 g/mol. The van der Waals surface area contributed by atoms with Crippen molar-refractivity contribution in [3.05, 3.63) is 48.5 Å². The van der Waals surface area contributed by atoms with Crippen molar-refractivity contribution >= 4 is 11.6 Å². The van der Waals surface area contributed by atoms with Crippen LogP contribution in [0.3, 0.4) is 0 Å². The number of anilines is 1. The number of carbonyl (C=O) groups is 1. The van der Waals surface area contributed by atoms with Gasteiger partial charge in [0.15, 0.2) is 0 Å². The summed E-state index contributed by atoms with van der Waals surface area (Å²) in [5.74, 6) is 0.0681. The molecule has 21 heavy (non-hydrogen) atoms. The van der Waals surface area contributed by atoms with Crippen LogP contribution in [0.25, 0.3) is 0 Å². The van der Waals surface area contributed by atoms with Crippen LogP contribution in [0, 0.1) is 0 Å². The molecule has 0 aliphatic rings. The number of carbonyl (C=O) groups excluding carboxylic acids is 1. The van der Waals surface area contributed by atoms with Gasteiger partial charge in [-0.2, -0.15) is 0 Å². The van der Waals surface area contributed by atoms with Gasteiger partial charge >= 0.3 is 0 Å². The zero-order chi connectivity index (χ0) is 15.1. The average Bonchev–Trinajstić information content (AvgIpc) is 2.89. The molecule has 2 aromatic rings. The fraction of sp³-hybridized carbons (Fsp3) is 0.375. The lowest BCUT2D eigenvalue weighted by Gasteiger charge is -2.15. The second-order valence-electron chi connectivity index (χ2n) is 5.21. The molecule has 0 spiro atoms. The Labute approximate surface area is 125 Å². The van der Waals surface area contributed by atoms with E-state index in [1.165, 1.54) is 0 Å². The maximum atomic E-state index is 11.9. The van der Waals surface area contributed by atoms with Gasteiger partial charge in [0.25, 0.3) is 0 Å². The number of para-hydroxylation sites is 1. The second-order valence-corrected chi connectivity index (χ2v) is 5.21. The highest BCUT2D eigenvalue weighted by Gasteiger charge is 2.08. The molecule has 5 heteroatoms. The maximum absolute atomic E-state index is 11.9. The monoisotopic (exact) mass is 286 g/mol. The molecule has 2 N–H and O–H groups in total. The number of hydrogen-bond acceptors (Lipinski definition) is 3. The smallest absolute Gasteiger partial charge is 0.220 e. The lowest BCUT2D eigenvalue weighted by molar-refractivity contribution is -0.121. The molecule has 1 amide bonds. The van der Waals surface area contributed by atoms with E-state index in [4.69, 9.17) is 0 Å². The summed E-state index contributed by atoms with van der Waals surface area (Å²) in [5.41, 5.74) is 2.13. The van der Waals surface area contributed by atoms with Crippen molar-refractivity contribution < 1.29 is 4.79 Å². The number of benzene rings is 1. The molecule has 0 fully saturated rings. The molecule has 1 aromatic carbocycles. The van der Waals surface area contributed by atoms with Crippen LogP contribution in [0.15, 0.2) is 42.9 Å². The molecule has 0 bridgehead atoms. The van der Waals surface area contributed by atoms with Crippen LogP contribution >= 0.6 is 0 Å². The quantitative estimate of drug-likeness (QED) is 0.818. The molecule has 0 saturated heterocycles. The van der Waals surface area contributed by atoms with Crippen molar-refractivity contribution in [1.29, 1.82) is 0 Å². The summed E-state index contributed by atoms with van der Waals surface area (Å²) in [5, 5.41) is 6.30. The molecule has 0 aliphatic carbocycles. The van der Waals surface area contributed by atoms with Gasteiger partial charge in [-0.1, -0.05) is 18.2 Å². The number of hydrogen-bond donors (Lipinski definition) is 2. The van der Waals surface area contributed by atoms with Crippen LogP contribution in [-0.4, -0.2) is 28.0 Å². The number of rotatable bonds is 7. The maximum Gasteiger partial charge on any atom is 0.220 e. The standard InChI is InChI=1S/C16H22N4O/c1-13(10-18-14-6-4-3-5-7-14)19-16(21)9-8-15-11-17-12-20(15)2/h3-7,11-13,18H,8-10H2,1-2H3,(H,19,21)/t13-/m1/s1. The molecule has 0 radical (unpaired) electrons. The summed E-state index contributed by atoms with van der Waals surface area (Å²) in [6.45, 7) is 2.71. The first-order valence-electron chi connectivity index (χ1n) is 7.18. The fourth-order valence-corrected chi connectivity index (χ4v) is 2.09. The minimum absolute atomic E-state index is 0.0681. The summed E-state index contributed by atoms with van der Waals surface area (Å²) in [7, 11) is 1.94. The van der Waals surface area contributed by atoms with E-state index in [-0.39, 0.29) is 11.9 Å². The van der Waals surface area contributed by atoms with Gasteiger partial charge in [0.1, 0.15) is 0 Å². The highest BCUT2D eigenvalue weighted by Crippen LogP contribution is 2.05. The first-order valence-corrected chi connectivity index (χ1v) is 7.18. The fourth-order valence-electron chi connectivity index (χ4n) is 2.09. The number of aryl methyl sites for hydroxylation is 2. The normalized spacial score (nSPS) is 11.9. The minimum atomic E-state index is 0.0681. The van der Waals surface area contributed by atoms with Gasteiger partial charge in [0.2, 0.25) is 5.91 Å². The van der Waals surface area contributed by atoms with Gasteiger partial charge in [-0.05, 0) is 25.5 Å². The van der Waals surface area contributed by atoms with E-state index in [9.17, 15) is 4.79 Å². The molecule has 5 nitrogen and oxygen atoms in total. The van der Waals surface area contributed by atoms with Crippen LogP contribution in [0.2, 0.25) is 0 Å². The topological polar surface area (TPSA) is 58.9 Å². The van der Waals surface area contributed by atoms with Crippen LogP contribution < -0.4 is 10.6 Å². The third kappa shape index (κ3) is 4.95. The van der Waals surface area contributed by atoms with E-state index in [0.29, 0.717) is 19.4 Å². The third-order valence-electron chi connectivity index (χ3n) is 3.32. The highest BCUT2D eigenvalue weighted by molar-refractivity contribution is 5.76. The first-order chi connectivity index (χ1) is 10.1. The van der Waals surface area contributed by atoms with E-state index in [1.54, 1.807) is 12.5 Å². The Hall–Kier alpha value is -2.30. The SMILES string of the molecule is C[C@H](CNc1ccccc1)NC(=O)CCc1cncn1C. The van der Waals surface area contributed by atoms with Crippen LogP contribution in [-0.2, 0) is 18.3 Å². The van der Waals surface area contributed by atoms with Crippen molar-refractivity contribution in [1.82, 2.24) is 14.9 Å². The lowest BCUT2D eigenvalue weighted by atomic mass is 10.2. The van der Waals surface area contributed by atoms with E-state index in [0.717, 1.165) is 11.4 Å². The number of aromatic nitrogens is 2. The molecule has 0 aliphatic heterocycles. The van der Waals surface area contributed by atoms with Crippen LogP contribution in [0.5, 0.6) is 0 Å². The van der Waals surface area contributed by atoms with Crippen LogP contribution in [0.4, 0.5) is 5.69 Å². The molecule has 1 aromatic heterocycles. The molecule has 1 heterocycles. The Bertz CT molecular complexity index is 565. The molecule has 112 valence electrons. The lowest BCUT2D eigenvalue weighted by Crippen LogP contribution is -2.37. The zero-order valence-electron chi connectivity index (χ0n) is 12.5. The van der Waals surface area contributed by atoms with E-state index in [1.807, 2.05) is 48.9 Å². The van der Waals surface area contributed by atoms with E-state index >= 15 is 0 Å². The average molecular weight is 286 g/mol. The Kier molecular flexibility index (Phi) is 5.37. The van der Waals surface area contributed by atoms with Gasteiger partial charge in [-0.15, -0.1) is 0 Å². The number of imidazole rings is 1. The largest absolute Gasteiger partial charge is 0.383 e. The van der Waals surface area contributed by atoms with Crippen molar-refractivity contribution in [2.45, 2.75) is 25.8 Å². The minimum Gasteiger partial charge on any atom is -0.383 e. The second kappa shape index (κ2) is 7.47. The van der Waals surface area contributed by atoms with E-state index in [2.05, 4.69) is 15.6 Å². The summed E-state index contributed by atoms with van der Waals surface area (Å²) in [6.07, 6.45) is 4.74. The molecule has 0 unspecified atom stereocenters. The van der Waals surface area contributed by atoms with Crippen molar-refractivity contribution in [3.8, 4) is 0 Å². The molecule has 1 atom stereocenters.